The second kappa shape index (κ2) is 23.3. The van der Waals surface area contributed by atoms with Crippen LogP contribution in [0.1, 0.15) is 56.6 Å². The lowest BCUT2D eigenvalue weighted by Gasteiger charge is -2.34. The summed E-state index contributed by atoms with van der Waals surface area (Å²) < 4.78 is 2.42. The van der Waals surface area contributed by atoms with Gasteiger partial charge in [-0.05, 0) is 157 Å². The van der Waals surface area contributed by atoms with Crippen LogP contribution in [-0.4, -0.2) is 17.2 Å². The van der Waals surface area contributed by atoms with Crippen molar-refractivity contribution in [2.75, 3.05) is 16.3 Å². The quantitative estimate of drug-likeness (QED) is 0.0920. The number of allylic oxidation sites excluding steroid dienone is 8. The molecule has 0 aliphatic heterocycles. The number of hydrogen-bond donors (Lipinski definition) is 1. The highest BCUT2D eigenvalue weighted by atomic mass is 15.2. The van der Waals surface area contributed by atoms with E-state index >= 15 is 0 Å². The summed E-state index contributed by atoms with van der Waals surface area (Å²) in [5, 5.41) is 3.69. The van der Waals surface area contributed by atoms with Crippen molar-refractivity contribution in [1.29, 1.82) is 0 Å². The number of nitrogens with zero attached hydrogens (tertiary/aromatic N) is 3. The monoisotopic (exact) mass is 975 g/mol. The highest BCUT2D eigenvalue weighted by Gasteiger charge is 2.29. The van der Waals surface area contributed by atoms with Crippen molar-refractivity contribution >= 4 is 41.0 Å². The maximum absolute atomic E-state index is 4.22. The molecule has 1 N–H and O–H groups in total. The first-order valence-corrected chi connectivity index (χ1v) is 26.4. The average Bonchev–Trinajstić information content (AvgIpc) is 3.61. The van der Waals surface area contributed by atoms with Crippen LogP contribution in [0.3, 0.4) is 0 Å². The SMILES string of the molecule is C=CC(C)C1=CC(N(c2ccc(-c3ccc(N(c4cccc(-c5ccccc5)c4)C4C=Cc5c(c(/C=C\C)c(/C=C\C)n5-c5ccccc5)C4)cc3)cc2)c2cccc(-c3ccccc3)c2)=CCC=C1NC/C=C\C. The van der Waals surface area contributed by atoms with Gasteiger partial charge in [0.15, 0.2) is 0 Å². The fourth-order valence-corrected chi connectivity index (χ4v) is 10.6. The molecule has 0 radical (unpaired) electrons. The van der Waals surface area contributed by atoms with E-state index in [2.05, 4.69) is 309 Å². The predicted octanol–water partition coefficient (Wildman–Crippen LogP) is 18.5. The lowest BCUT2D eigenvalue weighted by molar-refractivity contribution is 0.763. The first kappa shape index (κ1) is 49.7. The van der Waals surface area contributed by atoms with Gasteiger partial charge in [0.25, 0.3) is 0 Å². The molecule has 2 unspecified atom stereocenters. The highest BCUT2D eigenvalue weighted by molar-refractivity contribution is 5.81. The average molecular weight is 975 g/mol. The zero-order valence-corrected chi connectivity index (χ0v) is 43.7. The molecule has 4 nitrogen and oxygen atoms in total. The van der Waals surface area contributed by atoms with E-state index in [9.17, 15) is 0 Å². The standard InChI is InChI=1S/C71H66N4/c1-6-10-47-72-69-36-22-35-64(50-67(69)52(5)9-4)73(62-33-20-29-57(48-62)53-25-14-11-15-26-53)60-41-37-55(38-42-60)56-39-43-61(44-40-56)74(63-34-21-30-58(49-63)54-27-16-12-17-28-54)65-45-46-71-68(51-65)66(23-7-2)70(24-8-3)75(71)59-31-18-13-19-32-59/h6-21,23-46,48-50,52,65,72H,4,22,47,51H2,1-3,5H3/b10-6-,23-7-,24-8-. The normalized spacial score (nSPS) is 14.8. The summed E-state index contributed by atoms with van der Waals surface area (Å²) in [6.45, 7) is 13.5. The maximum atomic E-state index is 4.22. The minimum atomic E-state index is 0.0479. The summed E-state index contributed by atoms with van der Waals surface area (Å²) in [7, 11) is 0. The molecule has 0 saturated heterocycles. The van der Waals surface area contributed by atoms with Crippen molar-refractivity contribution in [3.05, 3.63) is 289 Å². The number of rotatable bonds is 17. The van der Waals surface area contributed by atoms with Crippen LogP contribution in [0.5, 0.6) is 0 Å². The van der Waals surface area contributed by atoms with Gasteiger partial charge >= 0.3 is 0 Å². The van der Waals surface area contributed by atoms with Gasteiger partial charge in [-0.25, -0.2) is 0 Å². The summed E-state index contributed by atoms with van der Waals surface area (Å²) >= 11 is 0. The molecule has 8 aromatic rings. The van der Waals surface area contributed by atoms with Crippen LogP contribution in [0.25, 0.3) is 57.3 Å². The molecule has 0 bridgehead atoms. The van der Waals surface area contributed by atoms with E-state index in [1.165, 1.54) is 50.3 Å². The molecular formula is C71H66N4. The lowest BCUT2D eigenvalue weighted by atomic mass is 9.93. The van der Waals surface area contributed by atoms with E-state index < -0.39 is 0 Å². The van der Waals surface area contributed by atoms with Gasteiger partial charge in [-0.1, -0.05) is 189 Å². The molecule has 2 aliphatic rings. The van der Waals surface area contributed by atoms with Gasteiger partial charge in [0.2, 0.25) is 0 Å². The smallest absolute Gasteiger partial charge is 0.0567 e. The van der Waals surface area contributed by atoms with Crippen LogP contribution >= 0.6 is 0 Å². The van der Waals surface area contributed by atoms with E-state index in [1.54, 1.807) is 0 Å². The fraction of sp³-hybridized carbons (Fsp3) is 0.127. The molecule has 0 spiro atoms. The summed E-state index contributed by atoms with van der Waals surface area (Å²) in [4.78, 5) is 4.93. The van der Waals surface area contributed by atoms with E-state index in [1.807, 2.05) is 6.08 Å². The summed E-state index contributed by atoms with van der Waals surface area (Å²) in [5.74, 6) is 0.141. The van der Waals surface area contributed by atoms with Crippen LogP contribution in [0.4, 0.5) is 22.7 Å². The number of anilines is 4. The summed E-state index contributed by atoms with van der Waals surface area (Å²) in [5.41, 5.74) is 21.2. The third-order valence-corrected chi connectivity index (χ3v) is 14.3. The van der Waals surface area contributed by atoms with Gasteiger partial charge < -0.3 is 19.7 Å². The Hall–Kier alpha value is -8.86. The topological polar surface area (TPSA) is 23.4 Å². The van der Waals surface area contributed by atoms with Gasteiger partial charge in [-0.3, -0.25) is 0 Å². The number of hydrogen-bond acceptors (Lipinski definition) is 3. The second-order valence-corrected chi connectivity index (χ2v) is 19.2. The second-order valence-electron chi connectivity index (χ2n) is 19.2. The summed E-state index contributed by atoms with van der Waals surface area (Å²) in [6.07, 6.45) is 28.5. The third-order valence-electron chi connectivity index (χ3n) is 14.3. The summed E-state index contributed by atoms with van der Waals surface area (Å²) in [6, 6.07) is 68.3. The number of benzene rings is 7. The minimum absolute atomic E-state index is 0.0479. The van der Waals surface area contributed by atoms with Crippen molar-refractivity contribution in [1.82, 2.24) is 9.88 Å². The maximum Gasteiger partial charge on any atom is 0.0567 e. The Morgan fingerprint density at radius 3 is 1.79 bits per heavy atom. The molecule has 2 atom stereocenters. The van der Waals surface area contributed by atoms with E-state index in [0.717, 1.165) is 70.3 Å². The number of aromatic nitrogens is 1. The van der Waals surface area contributed by atoms with Crippen LogP contribution < -0.4 is 15.1 Å². The Bertz CT molecular complexity index is 3470. The van der Waals surface area contributed by atoms with Crippen molar-refractivity contribution < 1.29 is 0 Å². The lowest BCUT2D eigenvalue weighted by Crippen LogP contribution is -2.33. The van der Waals surface area contributed by atoms with Gasteiger partial charge in [-0.15, -0.1) is 6.58 Å². The van der Waals surface area contributed by atoms with Gasteiger partial charge in [0, 0.05) is 63.6 Å². The number of para-hydroxylation sites is 1. The van der Waals surface area contributed by atoms with Crippen molar-refractivity contribution in [2.24, 2.45) is 5.92 Å². The van der Waals surface area contributed by atoms with Crippen molar-refractivity contribution in [3.8, 4) is 39.1 Å². The van der Waals surface area contributed by atoms with Gasteiger partial charge in [0.1, 0.15) is 0 Å². The Kier molecular flexibility index (Phi) is 15.5. The number of fused-ring (bicyclic) bond motifs is 1. The highest BCUT2D eigenvalue weighted by Crippen LogP contribution is 2.41. The molecule has 1 heterocycles. The Balaban J connectivity index is 1.02. The van der Waals surface area contributed by atoms with Crippen molar-refractivity contribution in [2.45, 2.75) is 46.6 Å². The zero-order chi connectivity index (χ0) is 51.5. The first-order valence-electron chi connectivity index (χ1n) is 26.4. The van der Waals surface area contributed by atoms with Gasteiger partial charge in [-0.2, -0.15) is 0 Å². The van der Waals surface area contributed by atoms with Crippen LogP contribution in [0, 0.1) is 5.92 Å². The molecule has 75 heavy (non-hydrogen) atoms. The molecular weight excluding hydrogens is 909 g/mol. The molecule has 10 rings (SSSR count). The Morgan fingerprint density at radius 2 is 1.17 bits per heavy atom. The van der Waals surface area contributed by atoms with Crippen LogP contribution in [-0.2, 0) is 6.42 Å². The Labute approximate surface area is 445 Å². The largest absolute Gasteiger partial charge is 0.382 e. The molecule has 2 aliphatic carbocycles. The third kappa shape index (κ3) is 10.8. The fourth-order valence-electron chi connectivity index (χ4n) is 10.6. The van der Waals surface area contributed by atoms with Crippen LogP contribution in [0.2, 0.25) is 0 Å². The number of nitrogens with one attached hydrogen (secondary N) is 1. The molecule has 7 aromatic carbocycles. The molecule has 1 aromatic heterocycles. The van der Waals surface area contributed by atoms with E-state index in [0.29, 0.717) is 0 Å². The van der Waals surface area contributed by atoms with Crippen molar-refractivity contribution in [3.63, 3.8) is 0 Å². The minimum Gasteiger partial charge on any atom is -0.382 e. The molecule has 4 heteroatoms. The first-order chi connectivity index (χ1) is 37.0. The molecule has 370 valence electrons. The zero-order valence-electron chi connectivity index (χ0n) is 43.7. The van der Waals surface area contributed by atoms with E-state index in [-0.39, 0.29) is 12.0 Å². The van der Waals surface area contributed by atoms with E-state index in [4.69, 9.17) is 0 Å². The van der Waals surface area contributed by atoms with Crippen LogP contribution in [0.15, 0.2) is 266 Å². The molecule has 0 amide bonds. The van der Waals surface area contributed by atoms with Gasteiger partial charge in [0.05, 0.1) is 11.7 Å². The Morgan fingerprint density at radius 1 is 0.600 bits per heavy atom. The molecule has 0 saturated carbocycles. The predicted molar refractivity (Wildman–Crippen MR) is 323 cm³/mol. The molecule has 0 fully saturated rings.